The molecule has 7 heteroatoms. The molecule has 1 amide bonds. The number of ether oxygens (including phenoxy) is 1. The van der Waals surface area contributed by atoms with Crippen molar-refractivity contribution in [3.05, 3.63) is 35.4 Å². The van der Waals surface area contributed by atoms with Gasteiger partial charge in [-0.05, 0) is 12.8 Å². The lowest BCUT2D eigenvalue weighted by molar-refractivity contribution is -0.0230. The number of benzene rings is 1. The van der Waals surface area contributed by atoms with Crippen LogP contribution in [0.2, 0.25) is 0 Å². The predicted molar refractivity (Wildman–Crippen MR) is 80.8 cm³/mol. The number of rotatable bonds is 6. The minimum absolute atomic E-state index is 0.379. The van der Waals surface area contributed by atoms with Crippen molar-refractivity contribution >= 4 is 23.3 Å². The van der Waals surface area contributed by atoms with E-state index in [-0.39, 0.29) is 0 Å². The average molecular weight is 310 g/mol. The quantitative estimate of drug-likeness (QED) is 0.574. The number of hydrogen-bond acceptors (Lipinski definition) is 5. The Morgan fingerprint density at radius 3 is 2.71 bits per heavy atom. The average Bonchev–Trinajstić information content (AvgIpc) is 3.27. The van der Waals surface area contributed by atoms with Gasteiger partial charge in [0.15, 0.2) is 6.10 Å². The third-order valence-electron chi connectivity index (χ3n) is 3.20. The topological polar surface area (TPSA) is 105 Å². The third kappa shape index (κ3) is 4.13. The smallest absolute Gasteiger partial charge is 0.405 e. The number of hydrogen-bond donors (Lipinski definition) is 4. The summed E-state index contributed by atoms with van der Waals surface area (Å²) in [6.07, 6.45) is -1.22. The van der Waals surface area contributed by atoms with Crippen molar-refractivity contribution in [3.63, 3.8) is 0 Å². The first kappa shape index (κ1) is 15.7. The second kappa shape index (κ2) is 6.84. The van der Waals surface area contributed by atoms with Gasteiger partial charge in [-0.25, -0.2) is 4.79 Å². The summed E-state index contributed by atoms with van der Waals surface area (Å²) in [7, 11) is 0. The molecule has 21 heavy (non-hydrogen) atoms. The Morgan fingerprint density at radius 2 is 2.14 bits per heavy atom. The molecule has 0 spiro atoms. The standard InChI is InChI=1S/C14H18N2O4S/c15-14(19)20-12(11(18)7-17)9-3-1-2-4-10(9)13(21)16-8-5-6-8/h1-4,8,11-12,17-18H,5-7H2,(H2,15,19)(H,16,21). The molecule has 6 nitrogen and oxygen atoms in total. The normalized spacial score (nSPS) is 16.9. The van der Waals surface area contributed by atoms with Gasteiger partial charge in [0, 0.05) is 17.2 Å². The highest BCUT2D eigenvalue weighted by atomic mass is 32.1. The summed E-state index contributed by atoms with van der Waals surface area (Å²) in [5.41, 5.74) is 6.20. The van der Waals surface area contributed by atoms with Gasteiger partial charge in [-0.2, -0.15) is 0 Å². The molecule has 2 rings (SSSR count). The fourth-order valence-corrected chi connectivity index (χ4v) is 2.37. The molecule has 1 aromatic rings. The van der Waals surface area contributed by atoms with Crippen LogP contribution in [-0.4, -0.2) is 40.0 Å². The summed E-state index contributed by atoms with van der Waals surface area (Å²) in [6.45, 7) is -0.560. The lowest BCUT2D eigenvalue weighted by Crippen LogP contribution is -2.32. The van der Waals surface area contributed by atoms with Crippen LogP contribution in [0.3, 0.4) is 0 Å². The molecule has 2 atom stereocenters. The highest BCUT2D eigenvalue weighted by molar-refractivity contribution is 7.80. The van der Waals surface area contributed by atoms with Crippen LogP contribution in [0.1, 0.15) is 30.1 Å². The Balaban J connectivity index is 2.29. The lowest BCUT2D eigenvalue weighted by Gasteiger charge is -2.24. The second-order valence-electron chi connectivity index (χ2n) is 4.94. The number of thiocarbonyl (C=S) groups is 1. The maximum atomic E-state index is 11.0. The van der Waals surface area contributed by atoms with E-state index < -0.39 is 24.9 Å². The molecule has 114 valence electrons. The molecule has 0 saturated heterocycles. The molecule has 1 saturated carbocycles. The molecule has 0 radical (unpaired) electrons. The maximum absolute atomic E-state index is 11.0. The molecule has 0 bridgehead atoms. The first-order valence-corrected chi connectivity index (χ1v) is 7.08. The van der Waals surface area contributed by atoms with E-state index in [1.165, 1.54) is 0 Å². The van der Waals surface area contributed by atoms with Crippen LogP contribution < -0.4 is 11.1 Å². The van der Waals surface area contributed by atoms with Gasteiger partial charge in [0.05, 0.1) is 6.61 Å². The van der Waals surface area contributed by atoms with E-state index in [0.717, 1.165) is 12.8 Å². The van der Waals surface area contributed by atoms with Crippen molar-refractivity contribution < 1.29 is 19.7 Å². The van der Waals surface area contributed by atoms with E-state index in [1.807, 2.05) is 0 Å². The number of nitrogens with two attached hydrogens (primary N) is 1. The number of amides is 1. The summed E-state index contributed by atoms with van der Waals surface area (Å²) in [5, 5.41) is 22.2. The zero-order valence-electron chi connectivity index (χ0n) is 11.4. The van der Waals surface area contributed by atoms with Crippen LogP contribution in [0.15, 0.2) is 24.3 Å². The first-order chi connectivity index (χ1) is 10.0. The van der Waals surface area contributed by atoms with Crippen LogP contribution in [0.4, 0.5) is 4.79 Å². The Morgan fingerprint density at radius 1 is 1.48 bits per heavy atom. The van der Waals surface area contributed by atoms with Gasteiger partial charge in [0.1, 0.15) is 11.1 Å². The van der Waals surface area contributed by atoms with Gasteiger partial charge in [0.2, 0.25) is 0 Å². The second-order valence-corrected chi connectivity index (χ2v) is 5.35. The Kier molecular flexibility index (Phi) is 5.11. The van der Waals surface area contributed by atoms with Gasteiger partial charge in [-0.3, -0.25) is 0 Å². The molecule has 1 fully saturated rings. The molecule has 2 unspecified atom stereocenters. The zero-order chi connectivity index (χ0) is 15.4. The number of nitrogens with one attached hydrogen (secondary N) is 1. The summed E-state index contributed by atoms with van der Waals surface area (Å²) in [4.78, 5) is 11.6. The van der Waals surface area contributed by atoms with Crippen LogP contribution in [0, 0.1) is 0 Å². The van der Waals surface area contributed by atoms with E-state index in [2.05, 4.69) is 5.32 Å². The highest BCUT2D eigenvalue weighted by Gasteiger charge is 2.29. The molecule has 1 aliphatic rings. The van der Waals surface area contributed by atoms with Crippen molar-refractivity contribution in [1.82, 2.24) is 5.32 Å². The number of carbonyl (C=O) groups excluding carboxylic acids is 1. The monoisotopic (exact) mass is 310 g/mol. The molecular weight excluding hydrogens is 292 g/mol. The summed E-state index contributed by atoms with van der Waals surface area (Å²) in [6, 6.07) is 7.37. The van der Waals surface area contributed by atoms with Crippen molar-refractivity contribution in [2.45, 2.75) is 31.1 Å². The predicted octanol–water partition coefficient (Wildman–Crippen LogP) is 0.604. The Hall–Kier alpha value is -1.70. The SMILES string of the molecule is NC(=O)OC(c1ccccc1C(=S)NC1CC1)C(O)CO. The molecule has 0 aromatic heterocycles. The minimum atomic E-state index is -1.28. The van der Waals surface area contributed by atoms with Crippen LogP contribution in [-0.2, 0) is 4.74 Å². The van der Waals surface area contributed by atoms with Gasteiger partial charge >= 0.3 is 6.09 Å². The van der Waals surface area contributed by atoms with Crippen LogP contribution in [0.5, 0.6) is 0 Å². The summed E-state index contributed by atoms with van der Waals surface area (Å²) < 4.78 is 4.94. The number of aliphatic hydroxyl groups excluding tert-OH is 2. The molecule has 0 heterocycles. The third-order valence-corrected chi connectivity index (χ3v) is 3.54. The molecule has 1 aliphatic carbocycles. The molecule has 0 aliphatic heterocycles. The fourth-order valence-electron chi connectivity index (χ4n) is 2.01. The minimum Gasteiger partial charge on any atom is -0.439 e. The van der Waals surface area contributed by atoms with Gasteiger partial charge in [0.25, 0.3) is 0 Å². The molecule has 5 N–H and O–H groups in total. The van der Waals surface area contributed by atoms with Crippen molar-refractivity contribution in [2.24, 2.45) is 5.73 Å². The maximum Gasteiger partial charge on any atom is 0.405 e. The largest absolute Gasteiger partial charge is 0.439 e. The number of aliphatic hydroxyl groups is 2. The van der Waals surface area contributed by atoms with E-state index in [9.17, 15) is 9.90 Å². The lowest BCUT2D eigenvalue weighted by atomic mass is 9.98. The van der Waals surface area contributed by atoms with Gasteiger partial charge < -0.3 is 26.0 Å². The first-order valence-electron chi connectivity index (χ1n) is 6.67. The Bertz CT molecular complexity index is 533. The van der Waals surface area contributed by atoms with E-state index in [0.29, 0.717) is 22.2 Å². The van der Waals surface area contributed by atoms with Crippen molar-refractivity contribution in [1.29, 1.82) is 0 Å². The summed E-state index contributed by atoms with van der Waals surface area (Å²) in [5.74, 6) is 0. The highest BCUT2D eigenvalue weighted by Crippen LogP contribution is 2.27. The van der Waals surface area contributed by atoms with Gasteiger partial charge in [-0.15, -0.1) is 0 Å². The van der Waals surface area contributed by atoms with E-state index in [1.54, 1.807) is 24.3 Å². The van der Waals surface area contributed by atoms with E-state index in [4.69, 9.17) is 27.8 Å². The van der Waals surface area contributed by atoms with Crippen LogP contribution >= 0.6 is 12.2 Å². The molecule has 1 aromatic carbocycles. The fraction of sp³-hybridized carbons (Fsp3) is 0.429. The van der Waals surface area contributed by atoms with E-state index >= 15 is 0 Å². The zero-order valence-corrected chi connectivity index (χ0v) is 12.2. The van der Waals surface area contributed by atoms with Gasteiger partial charge in [-0.1, -0.05) is 36.5 Å². The molecular formula is C14H18N2O4S. The number of primary amides is 1. The summed E-state index contributed by atoms with van der Waals surface area (Å²) >= 11 is 5.35. The van der Waals surface area contributed by atoms with Crippen molar-refractivity contribution in [2.75, 3.05) is 6.61 Å². The Labute approximate surface area is 127 Å². The van der Waals surface area contributed by atoms with Crippen LogP contribution in [0.25, 0.3) is 0 Å². The van der Waals surface area contributed by atoms with Crippen molar-refractivity contribution in [3.8, 4) is 0 Å². The number of carbonyl (C=O) groups is 1.